The molecule has 10 heteroatoms. The van der Waals surface area contributed by atoms with Gasteiger partial charge in [-0.2, -0.15) is 4.98 Å². The van der Waals surface area contributed by atoms with Crippen molar-refractivity contribution in [1.29, 1.82) is 0 Å². The number of rotatable bonds is 6. The van der Waals surface area contributed by atoms with Gasteiger partial charge in [-0.05, 0) is 37.3 Å². The largest absolute Gasteiger partial charge is 0.493 e. The second kappa shape index (κ2) is 8.68. The molecule has 1 aliphatic heterocycles. The van der Waals surface area contributed by atoms with Gasteiger partial charge in [-0.3, -0.25) is 4.79 Å². The molecule has 3 aromatic rings. The van der Waals surface area contributed by atoms with Crippen LogP contribution in [0.3, 0.4) is 0 Å². The van der Waals surface area contributed by atoms with Crippen LogP contribution in [-0.2, 0) is 20.4 Å². The van der Waals surface area contributed by atoms with Gasteiger partial charge in [-0.1, -0.05) is 35.0 Å². The molecule has 0 spiro atoms. The van der Waals surface area contributed by atoms with Crippen molar-refractivity contribution >= 4 is 27.3 Å². The van der Waals surface area contributed by atoms with Crippen molar-refractivity contribution in [1.82, 2.24) is 15.5 Å². The highest BCUT2D eigenvalue weighted by Crippen LogP contribution is 2.31. The van der Waals surface area contributed by atoms with E-state index < -0.39 is 26.7 Å². The van der Waals surface area contributed by atoms with Crippen LogP contribution in [0.4, 0.5) is 0 Å². The molecule has 2 unspecified atom stereocenters. The molecule has 2 atom stereocenters. The maximum Gasteiger partial charge on any atom is 0.257 e. The van der Waals surface area contributed by atoms with E-state index in [1.165, 1.54) is 6.92 Å². The van der Waals surface area contributed by atoms with Crippen molar-refractivity contribution in [2.24, 2.45) is 0 Å². The number of ether oxygens (including phenoxy) is 1. The predicted molar refractivity (Wildman–Crippen MR) is 114 cm³/mol. The van der Waals surface area contributed by atoms with Gasteiger partial charge in [0.1, 0.15) is 16.8 Å². The average Bonchev–Trinajstić information content (AvgIpc) is 3.21. The van der Waals surface area contributed by atoms with Crippen LogP contribution in [0.25, 0.3) is 11.5 Å². The zero-order valence-corrected chi connectivity index (χ0v) is 18.2. The van der Waals surface area contributed by atoms with Gasteiger partial charge in [0.2, 0.25) is 5.91 Å². The number of sulfone groups is 1. The molecule has 0 aliphatic carbocycles. The first kappa shape index (κ1) is 21.3. The Morgan fingerprint density at radius 1 is 1.23 bits per heavy atom. The molecule has 1 aromatic heterocycles. The van der Waals surface area contributed by atoms with Crippen LogP contribution in [0.2, 0.25) is 5.02 Å². The third-order valence-corrected chi connectivity index (χ3v) is 7.28. The molecular formula is C21H20ClN3O5S. The van der Waals surface area contributed by atoms with E-state index in [1.807, 2.05) is 24.3 Å². The third-order valence-electron chi connectivity index (χ3n) is 5.07. The summed E-state index contributed by atoms with van der Waals surface area (Å²) in [6.45, 7) is 1.80. The van der Waals surface area contributed by atoms with Crippen LogP contribution in [0.15, 0.2) is 53.1 Å². The summed E-state index contributed by atoms with van der Waals surface area (Å²) >= 11 is 5.86. The van der Waals surface area contributed by atoms with Gasteiger partial charge in [0.25, 0.3) is 5.89 Å². The summed E-state index contributed by atoms with van der Waals surface area (Å²) in [7, 11) is -3.87. The standard InChI is InChI=1S/C21H20ClN3O5S/c1-13(20(26)23-17-10-11-29-18-5-3-2-4-16(17)18)31(27,28)12-19-24-21(30-25-19)14-6-8-15(22)9-7-14/h2-9,13,17H,10-12H2,1H3,(H,23,26). The predicted octanol–water partition coefficient (Wildman–Crippen LogP) is 3.33. The van der Waals surface area contributed by atoms with Crippen molar-refractivity contribution in [3.8, 4) is 17.2 Å². The van der Waals surface area contributed by atoms with Crippen LogP contribution in [-0.4, -0.2) is 36.3 Å². The van der Waals surface area contributed by atoms with Gasteiger partial charge in [0.05, 0.1) is 12.6 Å². The van der Waals surface area contributed by atoms with Crippen molar-refractivity contribution in [3.05, 3.63) is 64.9 Å². The van der Waals surface area contributed by atoms with Crippen LogP contribution >= 0.6 is 11.6 Å². The SMILES string of the molecule is CC(C(=O)NC1CCOc2ccccc21)S(=O)(=O)Cc1noc(-c2ccc(Cl)cc2)n1. The summed E-state index contributed by atoms with van der Waals surface area (Å²) < 4.78 is 36.3. The summed E-state index contributed by atoms with van der Waals surface area (Å²) in [5.74, 6) is -0.235. The minimum Gasteiger partial charge on any atom is -0.493 e. The molecule has 1 aliphatic rings. The number of para-hydroxylation sites is 1. The minimum atomic E-state index is -3.87. The lowest BCUT2D eigenvalue weighted by atomic mass is 10.0. The van der Waals surface area contributed by atoms with Crippen molar-refractivity contribution in [2.45, 2.75) is 30.4 Å². The highest BCUT2D eigenvalue weighted by molar-refractivity contribution is 7.92. The lowest BCUT2D eigenvalue weighted by Gasteiger charge is -2.27. The Kier molecular flexibility index (Phi) is 5.97. The van der Waals surface area contributed by atoms with Gasteiger partial charge >= 0.3 is 0 Å². The van der Waals surface area contributed by atoms with Crippen LogP contribution < -0.4 is 10.1 Å². The second-order valence-corrected chi connectivity index (χ2v) is 9.97. The fourth-order valence-corrected chi connectivity index (χ4v) is 4.52. The molecule has 1 N–H and O–H groups in total. The summed E-state index contributed by atoms with van der Waals surface area (Å²) in [6.07, 6.45) is 0.560. The number of hydrogen-bond donors (Lipinski definition) is 1. The lowest BCUT2D eigenvalue weighted by molar-refractivity contribution is -0.121. The van der Waals surface area contributed by atoms with Crippen LogP contribution in [0.1, 0.15) is 30.8 Å². The number of halogens is 1. The monoisotopic (exact) mass is 461 g/mol. The van der Waals surface area contributed by atoms with E-state index in [9.17, 15) is 13.2 Å². The first-order valence-electron chi connectivity index (χ1n) is 9.66. The van der Waals surface area contributed by atoms with E-state index in [0.717, 1.165) is 5.56 Å². The molecule has 0 bridgehead atoms. The molecule has 162 valence electrons. The second-order valence-electron chi connectivity index (χ2n) is 7.21. The Bertz CT molecular complexity index is 1190. The highest BCUT2D eigenvalue weighted by Gasteiger charge is 2.32. The molecule has 0 fully saturated rings. The first-order valence-corrected chi connectivity index (χ1v) is 11.7. The molecular weight excluding hydrogens is 442 g/mol. The smallest absolute Gasteiger partial charge is 0.257 e. The number of carbonyl (C=O) groups is 1. The molecule has 2 aromatic carbocycles. The highest BCUT2D eigenvalue weighted by atomic mass is 35.5. The maximum atomic E-state index is 12.8. The number of fused-ring (bicyclic) bond motifs is 1. The van der Waals surface area contributed by atoms with Crippen molar-refractivity contribution in [3.63, 3.8) is 0 Å². The number of aromatic nitrogens is 2. The lowest BCUT2D eigenvalue weighted by Crippen LogP contribution is -2.41. The fraction of sp³-hybridized carbons (Fsp3) is 0.286. The summed E-state index contributed by atoms with van der Waals surface area (Å²) in [4.78, 5) is 16.8. The van der Waals surface area contributed by atoms with E-state index in [1.54, 1.807) is 24.3 Å². The molecule has 4 rings (SSSR count). The quantitative estimate of drug-likeness (QED) is 0.599. The van der Waals surface area contributed by atoms with E-state index >= 15 is 0 Å². The van der Waals surface area contributed by atoms with Crippen LogP contribution in [0.5, 0.6) is 5.75 Å². The van der Waals surface area contributed by atoms with Gasteiger partial charge < -0.3 is 14.6 Å². The Balaban J connectivity index is 1.44. The number of benzene rings is 2. The van der Waals surface area contributed by atoms with E-state index in [0.29, 0.717) is 29.4 Å². The number of amides is 1. The van der Waals surface area contributed by atoms with Gasteiger partial charge in [-0.25, -0.2) is 8.42 Å². The normalized spacial score (nSPS) is 16.8. The van der Waals surface area contributed by atoms with Crippen molar-refractivity contribution < 1.29 is 22.5 Å². The Morgan fingerprint density at radius 3 is 2.74 bits per heavy atom. The zero-order chi connectivity index (χ0) is 22.0. The number of hydrogen-bond acceptors (Lipinski definition) is 7. The van der Waals surface area contributed by atoms with Crippen LogP contribution in [0, 0.1) is 0 Å². The first-order chi connectivity index (χ1) is 14.8. The molecule has 1 amide bonds. The summed E-state index contributed by atoms with van der Waals surface area (Å²) in [6, 6.07) is 13.8. The Hall–Kier alpha value is -2.91. The molecule has 8 nitrogen and oxygen atoms in total. The van der Waals surface area contributed by atoms with Crippen molar-refractivity contribution in [2.75, 3.05) is 6.61 Å². The minimum absolute atomic E-state index is 0.0130. The number of carbonyl (C=O) groups excluding carboxylic acids is 1. The maximum absolute atomic E-state index is 12.8. The van der Waals surface area contributed by atoms with Gasteiger partial charge in [-0.15, -0.1) is 0 Å². The number of nitrogens with one attached hydrogen (secondary N) is 1. The summed E-state index contributed by atoms with van der Waals surface area (Å²) in [5, 5.41) is 5.85. The molecule has 2 heterocycles. The van der Waals surface area contributed by atoms with E-state index in [2.05, 4.69) is 15.5 Å². The van der Waals surface area contributed by atoms with Gasteiger partial charge in [0, 0.05) is 22.6 Å². The topological polar surface area (TPSA) is 111 Å². The van der Waals surface area contributed by atoms with E-state index in [4.69, 9.17) is 20.9 Å². The number of nitrogens with zero attached hydrogens (tertiary/aromatic N) is 2. The Labute approximate surface area is 184 Å². The molecule has 0 saturated heterocycles. The van der Waals surface area contributed by atoms with Gasteiger partial charge in [0.15, 0.2) is 15.7 Å². The summed E-state index contributed by atoms with van der Waals surface area (Å²) in [5.41, 5.74) is 1.45. The fourth-order valence-electron chi connectivity index (χ4n) is 3.27. The molecule has 31 heavy (non-hydrogen) atoms. The van der Waals surface area contributed by atoms with E-state index in [-0.39, 0.29) is 17.8 Å². The Morgan fingerprint density at radius 2 is 1.97 bits per heavy atom. The third kappa shape index (κ3) is 4.72. The zero-order valence-electron chi connectivity index (χ0n) is 16.6. The molecule has 0 saturated carbocycles. The molecule has 0 radical (unpaired) electrons. The average molecular weight is 462 g/mol.